The summed E-state index contributed by atoms with van der Waals surface area (Å²) in [5.74, 6) is 1.46. The summed E-state index contributed by atoms with van der Waals surface area (Å²) in [4.78, 5) is 0. The van der Waals surface area contributed by atoms with Crippen LogP contribution in [0.2, 0.25) is 0 Å². The van der Waals surface area contributed by atoms with Crippen molar-refractivity contribution in [2.75, 3.05) is 6.61 Å². The predicted molar refractivity (Wildman–Crippen MR) is 94.4 cm³/mol. The molecule has 3 heteroatoms. The SMILES string of the molecule is CC(C)COc1ccc(C(C)NCc2ccc(CO)cc2)cc1. The Hall–Kier alpha value is -1.84. The van der Waals surface area contributed by atoms with E-state index in [1.807, 2.05) is 36.4 Å². The van der Waals surface area contributed by atoms with Crippen LogP contribution in [0.25, 0.3) is 0 Å². The molecule has 0 radical (unpaired) electrons. The van der Waals surface area contributed by atoms with Crippen molar-refractivity contribution in [2.45, 2.75) is 40.0 Å². The maximum Gasteiger partial charge on any atom is 0.119 e. The molecule has 2 aromatic rings. The number of aliphatic hydroxyl groups excluding tert-OH is 1. The molecule has 2 rings (SSSR count). The van der Waals surface area contributed by atoms with Gasteiger partial charge in [-0.2, -0.15) is 0 Å². The fourth-order valence-corrected chi connectivity index (χ4v) is 2.27. The molecule has 0 saturated carbocycles. The Morgan fingerprint density at radius 3 is 2.09 bits per heavy atom. The van der Waals surface area contributed by atoms with Gasteiger partial charge in [0.25, 0.3) is 0 Å². The van der Waals surface area contributed by atoms with Gasteiger partial charge < -0.3 is 15.2 Å². The summed E-state index contributed by atoms with van der Waals surface area (Å²) in [7, 11) is 0. The molecule has 0 amide bonds. The van der Waals surface area contributed by atoms with Crippen molar-refractivity contribution < 1.29 is 9.84 Å². The Morgan fingerprint density at radius 2 is 1.52 bits per heavy atom. The summed E-state index contributed by atoms with van der Waals surface area (Å²) in [6.07, 6.45) is 0. The van der Waals surface area contributed by atoms with Crippen LogP contribution in [0.5, 0.6) is 5.75 Å². The number of nitrogens with one attached hydrogen (secondary N) is 1. The van der Waals surface area contributed by atoms with E-state index in [2.05, 4.69) is 38.2 Å². The van der Waals surface area contributed by atoms with E-state index in [-0.39, 0.29) is 12.6 Å². The van der Waals surface area contributed by atoms with E-state index < -0.39 is 0 Å². The van der Waals surface area contributed by atoms with E-state index >= 15 is 0 Å². The van der Waals surface area contributed by atoms with Crippen molar-refractivity contribution in [1.29, 1.82) is 0 Å². The summed E-state index contributed by atoms with van der Waals surface area (Å²) in [6, 6.07) is 16.6. The number of hydrogen-bond acceptors (Lipinski definition) is 3. The molecule has 0 aliphatic rings. The second-order valence-corrected chi connectivity index (χ2v) is 6.35. The highest BCUT2D eigenvalue weighted by molar-refractivity contribution is 5.29. The minimum atomic E-state index is 0.0926. The number of aliphatic hydroxyl groups is 1. The van der Waals surface area contributed by atoms with Gasteiger partial charge in [-0.25, -0.2) is 0 Å². The van der Waals surface area contributed by atoms with Crippen LogP contribution in [0.1, 0.15) is 43.5 Å². The summed E-state index contributed by atoms with van der Waals surface area (Å²) in [5.41, 5.74) is 3.40. The van der Waals surface area contributed by atoms with Gasteiger partial charge in [0.05, 0.1) is 13.2 Å². The standard InChI is InChI=1S/C20H27NO2/c1-15(2)14-23-20-10-8-19(9-11-20)16(3)21-12-17-4-6-18(13-22)7-5-17/h4-11,15-16,21-22H,12-14H2,1-3H3. The first-order valence-corrected chi connectivity index (χ1v) is 8.23. The lowest BCUT2D eigenvalue weighted by Crippen LogP contribution is -2.18. The van der Waals surface area contributed by atoms with Crippen LogP contribution in [0.3, 0.4) is 0 Å². The first-order chi connectivity index (χ1) is 11.1. The van der Waals surface area contributed by atoms with Crippen LogP contribution in [0.4, 0.5) is 0 Å². The van der Waals surface area contributed by atoms with Gasteiger partial charge in [-0.3, -0.25) is 0 Å². The molecular weight excluding hydrogens is 286 g/mol. The molecule has 3 nitrogen and oxygen atoms in total. The van der Waals surface area contributed by atoms with Gasteiger partial charge in [0.1, 0.15) is 5.75 Å². The first-order valence-electron chi connectivity index (χ1n) is 8.23. The molecule has 0 saturated heterocycles. The molecule has 0 aromatic heterocycles. The van der Waals surface area contributed by atoms with E-state index in [1.54, 1.807) is 0 Å². The lowest BCUT2D eigenvalue weighted by atomic mass is 10.1. The largest absolute Gasteiger partial charge is 0.493 e. The van der Waals surface area contributed by atoms with Gasteiger partial charge in [-0.15, -0.1) is 0 Å². The lowest BCUT2D eigenvalue weighted by molar-refractivity contribution is 0.271. The van der Waals surface area contributed by atoms with Crippen molar-refractivity contribution in [1.82, 2.24) is 5.32 Å². The number of ether oxygens (including phenoxy) is 1. The zero-order chi connectivity index (χ0) is 16.7. The maximum atomic E-state index is 9.06. The van der Waals surface area contributed by atoms with Crippen LogP contribution < -0.4 is 10.1 Å². The quantitative estimate of drug-likeness (QED) is 0.772. The maximum absolute atomic E-state index is 9.06. The van der Waals surface area contributed by atoms with E-state index in [0.29, 0.717) is 5.92 Å². The van der Waals surface area contributed by atoms with Gasteiger partial charge in [-0.05, 0) is 41.7 Å². The minimum Gasteiger partial charge on any atom is -0.493 e. The number of rotatable bonds is 8. The molecule has 0 aliphatic carbocycles. The monoisotopic (exact) mass is 313 g/mol. The lowest BCUT2D eigenvalue weighted by Gasteiger charge is -2.15. The summed E-state index contributed by atoms with van der Waals surface area (Å²) < 4.78 is 5.71. The van der Waals surface area contributed by atoms with E-state index in [0.717, 1.165) is 24.5 Å². The fourth-order valence-electron chi connectivity index (χ4n) is 2.27. The second-order valence-electron chi connectivity index (χ2n) is 6.35. The normalized spacial score (nSPS) is 12.4. The zero-order valence-corrected chi connectivity index (χ0v) is 14.3. The third-order valence-electron chi connectivity index (χ3n) is 3.78. The van der Waals surface area contributed by atoms with E-state index in [9.17, 15) is 0 Å². The molecule has 2 N–H and O–H groups in total. The predicted octanol–water partition coefficient (Wildman–Crippen LogP) is 4.06. The van der Waals surface area contributed by atoms with Crippen LogP contribution in [0.15, 0.2) is 48.5 Å². The Morgan fingerprint density at radius 1 is 0.913 bits per heavy atom. The van der Waals surface area contributed by atoms with Gasteiger partial charge in [0, 0.05) is 12.6 Å². The average Bonchev–Trinajstić information content (AvgIpc) is 2.58. The minimum absolute atomic E-state index is 0.0926. The highest BCUT2D eigenvalue weighted by Crippen LogP contribution is 2.18. The van der Waals surface area contributed by atoms with Crippen molar-refractivity contribution in [3.63, 3.8) is 0 Å². The van der Waals surface area contributed by atoms with Crippen molar-refractivity contribution in [3.8, 4) is 5.75 Å². The molecule has 0 bridgehead atoms. The third-order valence-corrected chi connectivity index (χ3v) is 3.78. The molecule has 0 heterocycles. The van der Waals surface area contributed by atoms with Crippen LogP contribution in [-0.2, 0) is 13.2 Å². The molecular formula is C20H27NO2. The average molecular weight is 313 g/mol. The molecule has 2 aromatic carbocycles. The highest BCUT2D eigenvalue weighted by Gasteiger charge is 2.06. The Labute approximate surface area is 139 Å². The summed E-state index contributed by atoms with van der Waals surface area (Å²) in [5, 5.41) is 12.6. The molecule has 0 aliphatic heterocycles. The summed E-state index contributed by atoms with van der Waals surface area (Å²) in [6.45, 7) is 8.10. The number of hydrogen-bond donors (Lipinski definition) is 2. The van der Waals surface area contributed by atoms with Crippen molar-refractivity contribution in [2.24, 2.45) is 5.92 Å². The zero-order valence-electron chi connectivity index (χ0n) is 14.3. The van der Waals surface area contributed by atoms with E-state index in [4.69, 9.17) is 9.84 Å². The Balaban J connectivity index is 1.85. The Bertz CT molecular complexity index is 576. The van der Waals surface area contributed by atoms with Crippen molar-refractivity contribution in [3.05, 3.63) is 65.2 Å². The topological polar surface area (TPSA) is 41.5 Å². The van der Waals surface area contributed by atoms with Crippen LogP contribution in [0, 0.1) is 5.92 Å². The molecule has 0 spiro atoms. The van der Waals surface area contributed by atoms with Crippen LogP contribution >= 0.6 is 0 Å². The fraction of sp³-hybridized carbons (Fsp3) is 0.400. The third kappa shape index (κ3) is 5.70. The molecule has 1 atom stereocenters. The smallest absolute Gasteiger partial charge is 0.119 e. The van der Waals surface area contributed by atoms with Gasteiger partial charge in [-0.1, -0.05) is 50.2 Å². The van der Waals surface area contributed by atoms with Gasteiger partial charge in [0.2, 0.25) is 0 Å². The molecule has 1 unspecified atom stereocenters. The highest BCUT2D eigenvalue weighted by atomic mass is 16.5. The second kappa shape index (κ2) is 8.70. The van der Waals surface area contributed by atoms with Crippen molar-refractivity contribution >= 4 is 0 Å². The first kappa shape index (κ1) is 17.5. The summed E-state index contributed by atoms with van der Waals surface area (Å²) >= 11 is 0. The van der Waals surface area contributed by atoms with E-state index in [1.165, 1.54) is 11.1 Å². The molecule has 124 valence electrons. The Kier molecular flexibility index (Phi) is 6.63. The molecule has 0 fully saturated rings. The van der Waals surface area contributed by atoms with Gasteiger partial charge >= 0.3 is 0 Å². The van der Waals surface area contributed by atoms with Crippen LogP contribution in [-0.4, -0.2) is 11.7 Å². The number of benzene rings is 2. The van der Waals surface area contributed by atoms with Gasteiger partial charge in [0.15, 0.2) is 0 Å². The molecule has 23 heavy (non-hydrogen) atoms.